The Morgan fingerprint density at radius 3 is 2.14 bits per heavy atom. The van der Waals surface area contributed by atoms with Crippen molar-refractivity contribution < 1.29 is 8.42 Å². The molecule has 1 rings (SSSR count). The highest BCUT2D eigenvalue weighted by Crippen LogP contribution is 2.49. The third-order valence-corrected chi connectivity index (χ3v) is 6.32. The molecule has 5 heteroatoms. The van der Waals surface area contributed by atoms with Crippen LogP contribution in [0.4, 0.5) is 0 Å². The molecule has 1 aliphatic carbocycles. The molecular weight excluding hydrogens is 240 g/mol. The normalized spacial score (nSPS) is 20.9. The number of hydrogen-bond donors (Lipinski definition) is 0. The average Bonchev–Trinajstić information content (AvgIpc) is 2.63. The zero-order valence-corrected chi connectivity index (χ0v) is 11.2. The molecular formula is C9H17ClO2S2. The van der Waals surface area contributed by atoms with Crippen LogP contribution >= 0.6 is 22.4 Å². The van der Waals surface area contributed by atoms with Crippen LogP contribution in [0.2, 0.25) is 0 Å². The Balaban J connectivity index is 2.40. The Labute approximate surface area is 95.2 Å². The van der Waals surface area contributed by atoms with Crippen LogP contribution < -0.4 is 0 Å². The lowest BCUT2D eigenvalue weighted by Gasteiger charge is -2.19. The molecule has 1 fully saturated rings. The van der Waals surface area contributed by atoms with E-state index in [1.165, 1.54) is 0 Å². The van der Waals surface area contributed by atoms with Crippen molar-refractivity contribution in [1.82, 2.24) is 0 Å². The molecule has 2 nitrogen and oxygen atoms in total. The SMILES string of the molecule is CC(C)(C)SCCC1(S(=O)(=O)Cl)CC1. The maximum Gasteiger partial charge on any atom is 0.238 e. The molecule has 0 unspecified atom stereocenters. The van der Waals surface area contributed by atoms with E-state index in [0.29, 0.717) is 6.42 Å². The predicted octanol–water partition coefficient (Wildman–Crippen LogP) is 3.01. The molecule has 1 aliphatic rings. The monoisotopic (exact) mass is 256 g/mol. The van der Waals surface area contributed by atoms with Gasteiger partial charge in [-0.2, -0.15) is 11.8 Å². The molecule has 84 valence electrons. The van der Waals surface area contributed by atoms with E-state index in [0.717, 1.165) is 18.6 Å². The van der Waals surface area contributed by atoms with Gasteiger partial charge in [-0.1, -0.05) is 20.8 Å². The fourth-order valence-electron chi connectivity index (χ4n) is 1.30. The van der Waals surface area contributed by atoms with Crippen molar-refractivity contribution in [2.45, 2.75) is 49.5 Å². The van der Waals surface area contributed by atoms with Crippen molar-refractivity contribution in [2.24, 2.45) is 0 Å². The van der Waals surface area contributed by atoms with Gasteiger partial charge in [-0.05, 0) is 25.0 Å². The average molecular weight is 257 g/mol. The molecule has 14 heavy (non-hydrogen) atoms. The minimum atomic E-state index is -3.35. The fraction of sp³-hybridized carbons (Fsp3) is 1.00. The zero-order chi connectivity index (χ0) is 11.0. The van der Waals surface area contributed by atoms with Crippen LogP contribution in [0.25, 0.3) is 0 Å². The number of thioether (sulfide) groups is 1. The van der Waals surface area contributed by atoms with E-state index in [2.05, 4.69) is 20.8 Å². The van der Waals surface area contributed by atoms with Gasteiger partial charge in [0.1, 0.15) is 0 Å². The topological polar surface area (TPSA) is 34.1 Å². The molecule has 0 aromatic rings. The standard InChI is InChI=1S/C9H17ClO2S2/c1-8(2,3)13-7-6-9(4-5-9)14(10,11)12/h4-7H2,1-3H3. The van der Waals surface area contributed by atoms with Crippen molar-refractivity contribution in [2.75, 3.05) is 5.75 Å². The van der Waals surface area contributed by atoms with Crippen molar-refractivity contribution in [3.63, 3.8) is 0 Å². The van der Waals surface area contributed by atoms with E-state index in [9.17, 15) is 8.42 Å². The fourth-order valence-corrected chi connectivity index (χ4v) is 4.16. The van der Waals surface area contributed by atoms with E-state index < -0.39 is 13.8 Å². The Kier molecular flexibility index (Phi) is 3.50. The minimum absolute atomic E-state index is 0.201. The summed E-state index contributed by atoms with van der Waals surface area (Å²) in [6.07, 6.45) is 2.17. The lowest BCUT2D eigenvalue weighted by atomic mass is 10.3. The van der Waals surface area contributed by atoms with Crippen molar-refractivity contribution in [3.8, 4) is 0 Å². The summed E-state index contributed by atoms with van der Waals surface area (Å²) in [6.45, 7) is 6.39. The third-order valence-electron chi connectivity index (χ3n) is 2.42. The molecule has 1 saturated carbocycles. The number of halogens is 1. The first kappa shape index (κ1) is 12.7. The van der Waals surface area contributed by atoms with Crippen LogP contribution in [0.3, 0.4) is 0 Å². The minimum Gasteiger partial charge on any atom is -0.212 e. The Morgan fingerprint density at radius 2 is 1.86 bits per heavy atom. The Bertz CT molecular complexity index is 299. The quantitative estimate of drug-likeness (QED) is 0.726. The zero-order valence-electron chi connectivity index (χ0n) is 8.84. The second-order valence-corrected chi connectivity index (χ2v) is 9.71. The van der Waals surface area contributed by atoms with Gasteiger partial charge in [0, 0.05) is 15.4 Å². The lowest BCUT2D eigenvalue weighted by molar-refractivity contribution is 0.588. The number of rotatable bonds is 4. The van der Waals surface area contributed by atoms with Crippen LogP contribution in [0.5, 0.6) is 0 Å². The molecule has 0 heterocycles. The maximum atomic E-state index is 11.2. The van der Waals surface area contributed by atoms with E-state index in [4.69, 9.17) is 10.7 Å². The van der Waals surface area contributed by atoms with Gasteiger partial charge in [0.15, 0.2) is 0 Å². The first-order valence-electron chi connectivity index (χ1n) is 4.75. The summed E-state index contributed by atoms with van der Waals surface area (Å²) >= 11 is 1.79. The largest absolute Gasteiger partial charge is 0.238 e. The van der Waals surface area contributed by atoms with Crippen LogP contribution in [0.1, 0.15) is 40.0 Å². The summed E-state index contributed by atoms with van der Waals surface area (Å²) < 4.78 is 22.1. The molecule has 0 spiro atoms. The van der Waals surface area contributed by atoms with E-state index in [1.807, 2.05) is 0 Å². The first-order valence-corrected chi connectivity index (χ1v) is 8.04. The summed E-state index contributed by atoms with van der Waals surface area (Å²) in [5.74, 6) is 0.870. The summed E-state index contributed by atoms with van der Waals surface area (Å²) in [4.78, 5) is 0. The van der Waals surface area contributed by atoms with E-state index >= 15 is 0 Å². The van der Waals surface area contributed by atoms with E-state index in [-0.39, 0.29) is 4.75 Å². The van der Waals surface area contributed by atoms with Gasteiger partial charge in [-0.15, -0.1) is 0 Å². The second-order valence-electron chi connectivity index (χ2n) is 4.83. The van der Waals surface area contributed by atoms with Crippen LogP contribution in [-0.2, 0) is 9.05 Å². The summed E-state index contributed by atoms with van der Waals surface area (Å²) in [5.41, 5.74) is 0. The van der Waals surface area contributed by atoms with Gasteiger partial charge in [-0.25, -0.2) is 8.42 Å². The third kappa shape index (κ3) is 3.31. The Hall–Kier alpha value is 0.590. The highest BCUT2D eigenvalue weighted by molar-refractivity contribution is 8.15. The van der Waals surface area contributed by atoms with E-state index in [1.54, 1.807) is 11.8 Å². The molecule has 0 bridgehead atoms. The van der Waals surface area contributed by atoms with Gasteiger partial charge in [0.05, 0.1) is 4.75 Å². The molecule has 0 aromatic carbocycles. The van der Waals surface area contributed by atoms with Crippen LogP contribution in [-0.4, -0.2) is 23.7 Å². The predicted molar refractivity (Wildman–Crippen MR) is 63.6 cm³/mol. The molecule has 0 radical (unpaired) electrons. The summed E-state index contributed by atoms with van der Waals surface area (Å²) in [6, 6.07) is 0. The van der Waals surface area contributed by atoms with Gasteiger partial charge in [0.25, 0.3) is 0 Å². The van der Waals surface area contributed by atoms with Gasteiger partial charge >= 0.3 is 0 Å². The molecule has 0 saturated heterocycles. The van der Waals surface area contributed by atoms with Gasteiger partial charge in [-0.3, -0.25) is 0 Å². The number of hydrogen-bond acceptors (Lipinski definition) is 3. The molecule has 0 amide bonds. The lowest BCUT2D eigenvalue weighted by Crippen LogP contribution is -2.20. The van der Waals surface area contributed by atoms with Gasteiger partial charge < -0.3 is 0 Å². The molecule has 0 aromatic heterocycles. The summed E-state index contributed by atoms with van der Waals surface area (Å²) in [5, 5.41) is 0. The summed E-state index contributed by atoms with van der Waals surface area (Å²) in [7, 11) is 2.05. The van der Waals surface area contributed by atoms with Gasteiger partial charge in [0.2, 0.25) is 9.05 Å². The highest BCUT2D eigenvalue weighted by Gasteiger charge is 2.53. The smallest absolute Gasteiger partial charge is 0.212 e. The Morgan fingerprint density at radius 1 is 1.36 bits per heavy atom. The van der Waals surface area contributed by atoms with Crippen molar-refractivity contribution >= 4 is 31.5 Å². The molecule has 0 atom stereocenters. The maximum absolute atomic E-state index is 11.2. The molecule has 0 N–H and O–H groups in total. The molecule has 0 aliphatic heterocycles. The van der Waals surface area contributed by atoms with Crippen molar-refractivity contribution in [3.05, 3.63) is 0 Å². The van der Waals surface area contributed by atoms with Crippen LogP contribution in [0.15, 0.2) is 0 Å². The van der Waals surface area contributed by atoms with Crippen LogP contribution in [0, 0.1) is 0 Å². The second kappa shape index (κ2) is 3.87. The first-order chi connectivity index (χ1) is 6.16. The van der Waals surface area contributed by atoms with Crippen molar-refractivity contribution in [1.29, 1.82) is 0 Å². The highest BCUT2D eigenvalue weighted by atomic mass is 35.7.